The molecule has 0 spiro atoms. The van der Waals surface area contributed by atoms with Gasteiger partial charge in [-0.15, -0.1) is 0 Å². The maximum atomic E-state index is 12.3. The van der Waals surface area contributed by atoms with Crippen LogP contribution in [0.5, 0.6) is 5.95 Å². The van der Waals surface area contributed by atoms with Gasteiger partial charge >= 0.3 is 0 Å². The van der Waals surface area contributed by atoms with E-state index in [1.165, 1.54) is 33.0 Å². The van der Waals surface area contributed by atoms with E-state index >= 15 is 0 Å². The lowest BCUT2D eigenvalue weighted by atomic mass is 9.98. The van der Waals surface area contributed by atoms with E-state index in [2.05, 4.69) is 22.2 Å². The number of nitrogens with one attached hydrogen (secondary N) is 1. The molecule has 2 saturated heterocycles. The standard InChI is InChI=1S/C17H27N3O3/c1-19-10-7-14(8-11-19)20-9-3-4-13(12-20)18-17(21)15-5-6-16(22-2)23-15/h5-6,13-14H,3-4,7-12H2,1-2H3,(H,18,21). The summed E-state index contributed by atoms with van der Waals surface area (Å²) in [5.74, 6) is 0.536. The zero-order valence-electron chi connectivity index (χ0n) is 14.1. The lowest BCUT2D eigenvalue weighted by Gasteiger charge is -2.41. The van der Waals surface area contributed by atoms with Gasteiger partial charge in [0.15, 0.2) is 5.76 Å². The largest absolute Gasteiger partial charge is 0.468 e. The fourth-order valence-corrected chi connectivity index (χ4v) is 3.62. The molecule has 1 aromatic rings. The highest BCUT2D eigenvalue weighted by molar-refractivity contribution is 5.91. The van der Waals surface area contributed by atoms with Crippen LogP contribution < -0.4 is 10.1 Å². The van der Waals surface area contributed by atoms with Crippen molar-refractivity contribution in [3.8, 4) is 5.95 Å². The van der Waals surface area contributed by atoms with Crippen molar-refractivity contribution < 1.29 is 13.9 Å². The highest BCUT2D eigenvalue weighted by atomic mass is 16.6. The van der Waals surface area contributed by atoms with Gasteiger partial charge in [0.05, 0.1) is 7.11 Å². The monoisotopic (exact) mass is 321 g/mol. The molecule has 0 aromatic carbocycles. The van der Waals surface area contributed by atoms with Crippen LogP contribution in [-0.4, -0.2) is 68.1 Å². The molecule has 1 unspecified atom stereocenters. The second-order valence-electron chi connectivity index (χ2n) is 6.66. The molecule has 6 heteroatoms. The highest BCUT2D eigenvalue weighted by Gasteiger charge is 2.29. The number of piperidine rings is 2. The lowest BCUT2D eigenvalue weighted by Crippen LogP contribution is -2.53. The summed E-state index contributed by atoms with van der Waals surface area (Å²) in [7, 11) is 3.72. The van der Waals surface area contributed by atoms with Gasteiger partial charge in [-0.25, -0.2) is 0 Å². The zero-order chi connectivity index (χ0) is 16.2. The number of furan rings is 1. The molecule has 1 N–H and O–H groups in total. The number of methoxy groups -OCH3 is 1. The summed E-state index contributed by atoms with van der Waals surface area (Å²) < 4.78 is 10.3. The first-order valence-electron chi connectivity index (χ1n) is 8.53. The average molecular weight is 321 g/mol. The van der Waals surface area contributed by atoms with Gasteiger partial charge in [0.25, 0.3) is 11.9 Å². The molecule has 0 bridgehead atoms. The van der Waals surface area contributed by atoms with E-state index in [0.717, 1.165) is 25.9 Å². The van der Waals surface area contributed by atoms with Crippen molar-refractivity contribution in [1.29, 1.82) is 0 Å². The molecule has 0 saturated carbocycles. The molecule has 3 heterocycles. The molecular weight excluding hydrogens is 294 g/mol. The summed E-state index contributed by atoms with van der Waals surface area (Å²) in [4.78, 5) is 17.2. The third-order valence-corrected chi connectivity index (χ3v) is 5.00. The summed E-state index contributed by atoms with van der Waals surface area (Å²) in [6, 6.07) is 4.19. The quantitative estimate of drug-likeness (QED) is 0.912. The van der Waals surface area contributed by atoms with E-state index in [1.807, 2.05) is 0 Å². The minimum Gasteiger partial charge on any atom is -0.468 e. The molecule has 128 valence electrons. The van der Waals surface area contributed by atoms with Gasteiger partial charge < -0.3 is 19.4 Å². The Balaban J connectivity index is 1.53. The Labute approximate surface area is 137 Å². The van der Waals surface area contributed by atoms with Crippen LogP contribution in [0.25, 0.3) is 0 Å². The summed E-state index contributed by atoms with van der Waals surface area (Å²) >= 11 is 0. The van der Waals surface area contributed by atoms with Crippen molar-refractivity contribution in [3.63, 3.8) is 0 Å². The van der Waals surface area contributed by atoms with E-state index in [4.69, 9.17) is 9.15 Å². The van der Waals surface area contributed by atoms with E-state index in [-0.39, 0.29) is 11.9 Å². The molecule has 1 atom stereocenters. The van der Waals surface area contributed by atoms with E-state index in [9.17, 15) is 4.79 Å². The fraction of sp³-hybridized carbons (Fsp3) is 0.706. The Morgan fingerprint density at radius 1 is 1.26 bits per heavy atom. The molecular formula is C17H27N3O3. The molecule has 1 amide bonds. The van der Waals surface area contributed by atoms with E-state index in [0.29, 0.717) is 17.7 Å². The van der Waals surface area contributed by atoms with Crippen molar-refractivity contribution in [2.24, 2.45) is 0 Å². The SMILES string of the molecule is COc1ccc(C(=O)NC2CCCN(C3CCN(C)CC3)C2)o1. The predicted octanol–water partition coefficient (Wildman–Crippen LogP) is 1.58. The number of hydrogen-bond acceptors (Lipinski definition) is 5. The van der Waals surface area contributed by atoms with Crippen molar-refractivity contribution in [3.05, 3.63) is 17.9 Å². The zero-order valence-corrected chi connectivity index (χ0v) is 14.1. The number of nitrogens with zero attached hydrogens (tertiary/aromatic N) is 2. The minimum absolute atomic E-state index is 0.150. The van der Waals surface area contributed by atoms with Crippen LogP contribution in [0.1, 0.15) is 36.2 Å². The predicted molar refractivity (Wildman–Crippen MR) is 87.8 cm³/mol. The van der Waals surface area contributed by atoms with Crippen LogP contribution in [0.3, 0.4) is 0 Å². The van der Waals surface area contributed by atoms with Gasteiger partial charge in [-0.1, -0.05) is 0 Å². The van der Waals surface area contributed by atoms with Crippen LogP contribution in [-0.2, 0) is 0 Å². The number of ether oxygens (including phenoxy) is 1. The second-order valence-corrected chi connectivity index (χ2v) is 6.66. The van der Waals surface area contributed by atoms with Crippen LogP contribution in [0.15, 0.2) is 16.5 Å². The van der Waals surface area contributed by atoms with Crippen molar-refractivity contribution in [1.82, 2.24) is 15.1 Å². The Bertz CT molecular complexity index is 523. The van der Waals surface area contributed by atoms with Crippen LogP contribution in [0.4, 0.5) is 0 Å². The second kappa shape index (κ2) is 7.36. The normalized spacial score (nSPS) is 24.5. The Hall–Kier alpha value is -1.53. The van der Waals surface area contributed by atoms with Gasteiger partial charge in [0, 0.05) is 24.7 Å². The Morgan fingerprint density at radius 3 is 2.74 bits per heavy atom. The van der Waals surface area contributed by atoms with Gasteiger partial charge in [-0.05, 0) is 58.4 Å². The number of likely N-dealkylation sites (tertiary alicyclic amines) is 2. The van der Waals surface area contributed by atoms with E-state index < -0.39 is 0 Å². The third-order valence-electron chi connectivity index (χ3n) is 5.00. The molecule has 2 aliphatic heterocycles. The molecule has 0 radical (unpaired) electrons. The van der Waals surface area contributed by atoms with Crippen molar-refractivity contribution in [2.45, 2.75) is 37.8 Å². The van der Waals surface area contributed by atoms with Gasteiger partial charge in [-0.3, -0.25) is 9.69 Å². The smallest absolute Gasteiger partial charge is 0.287 e. The Morgan fingerprint density at radius 2 is 2.04 bits per heavy atom. The third kappa shape index (κ3) is 4.06. The molecule has 2 aliphatic rings. The summed E-state index contributed by atoms with van der Waals surface area (Å²) in [6.45, 7) is 4.43. The molecule has 0 aliphatic carbocycles. The van der Waals surface area contributed by atoms with Crippen LogP contribution >= 0.6 is 0 Å². The number of amides is 1. The molecule has 2 fully saturated rings. The number of carbonyl (C=O) groups excluding carboxylic acids is 1. The van der Waals surface area contributed by atoms with Gasteiger partial charge in [-0.2, -0.15) is 0 Å². The van der Waals surface area contributed by atoms with Crippen LogP contribution in [0, 0.1) is 0 Å². The first-order chi connectivity index (χ1) is 11.2. The van der Waals surface area contributed by atoms with Crippen molar-refractivity contribution >= 4 is 5.91 Å². The molecule has 1 aromatic heterocycles. The number of carbonyl (C=O) groups is 1. The summed E-state index contributed by atoms with van der Waals surface area (Å²) in [6.07, 6.45) is 4.63. The number of hydrogen-bond donors (Lipinski definition) is 1. The topological polar surface area (TPSA) is 58.0 Å². The first-order valence-corrected chi connectivity index (χ1v) is 8.53. The van der Waals surface area contributed by atoms with Gasteiger partial charge in [0.1, 0.15) is 0 Å². The maximum absolute atomic E-state index is 12.3. The Kier molecular flexibility index (Phi) is 5.23. The number of rotatable bonds is 4. The highest BCUT2D eigenvalue weighted by Crippen LogP contribution is 2.21. The van der Waals surface area contributed by atoms with Crippen molar-refractivity contribution in [2.75, 3.05) is 40.3 Å². The average Bonchev–Trinajstić information content (AvgIpc) is 3.05. The maximum Gasteiger partial charge on any atom is 0.287 e. The molecule has 23 heavy (non-hydrogen) atoms. The first kappa shape index (κ1) is 16.3. The van der Waals surface area contributed by atoms with Crippen LogP contribution in [0.2, 0.25) is 0 Å². The summed E-state index contributed by atoms with van der Waals surface area (Å²) in [5.41, 5.74) is 0. The lowest BCUT2D eigenvalue weighted by molar-refractivity contribution is 0.0746. The molecule has 3 rings (SSSR count). The van der Waals surface area contributed by atoms with E-state index in [1.54, 1.807) is 12.1 Å². The molecule has 6 nitrogen and oxygen atoms in total. The minimum atomic E-state index is -0.150. The van der Waals surface area contributed by atoms with Gasteiger partial charge in [0.2, 0.25) is 0 Å². The summed E-state index contributed by atoms with van der Waals surface area (Å²) in [5, 5.41) is 3.11. The fourth-order valence-electron chi connectivity index (χ4n) is 3.62.